The Morgan fingerprint density at radius 1 is 1.00 bits per heavy atom. The van der Waals surface area contributed by atoms with Gasteiger partial charge in [0.05, 0.1) is 46.2 Å². The molecular weight excluding hydrogens is 274 g/mol. The third-order valence-electron chi connectivity index (χ3n) is 4.09. The van der Waals surface area contributed by atoms with Crippen molar-refractivity contribution >= 4 is 0 Å². The fourth-order valence-electron chi connectivity index (χ4n) is 2.72. The number of hydrogen-bond donors (Lipinski definition) is 2. The SMILES string of the molecule is COCCOCCOCCOCCC1CCCC1(N)CO. The summed E-state index contributed by atoms with van der Waals surface area (Å²) < 4.78 is 21.1. The smallest absolute Gasteiger partial charge is 0.0701 e. The molecule has 0 radical (unpaired) electrons. The van der Waals surface area contributed by atoms with Gasteiger partial charge in [-0.1, -0.05) is 6.42 Å². The summed E-state index contributed by atoms with van der Waals surface area (Å²) in [6, 6.07) is 0. The zero-order valence-electron chi connectivity index (χ0n) is 13.2. The van der Waals surface area contributed by atoms with Crippen molar-refractivity contribution in [2.24, 2.45) is 11.7 Å². The molecule has 3 N–H and O–H groups in total. The van der Waals surface area contributed by atoms with E-state index in [1.807, 2.05) is 0 Å². The molecule has 0 aromatic heterocycles. The molecule has 0 aromatic rings. The average molecular weight is 305 g/mol. The first-order chi connectivity index (χ1) is 10.2. The first kappa shape index (κ1) is 18.8. The second-order valence-corrected chi connectivity index (χ2v) is 5.60. The Morgan fingerprint density at radius 2 is 1.57 bits per heavy atom. The number of hydrogen-bond acceptors (Lipinski definition) is 6. The second kappa shape index (κ2) is 11.3. The predicted molar refractivity (Wildman–Crippen MR) is 80.3 cm³/mol. The van der Waals surface area contributed by atoms with Gasteiger partial charge in [-0.25, -0.2) is 0 Å². The lowest BCUT2D eigenvalue weighted by molar-refractivity contribution is 0.000776. The van der Waals surface area contributed by atoms with Crippen molar-refractivity contribution in [2.45, 2.75) is 31.2 Å². The molecule has 2 unspecified atom stereocenters. The maximum Gasteiger partial charge on any atom is 0.0701 e. The van der Waals surface area contributed by atoms with E-state index in [-0.39, 0.29) is 12.1 Å². The highest BCUT2D eigenvalue weighted by molar-refractivity contribution is 4.95. The lowest BCUT2D eigenvalue weighted by Gasteiger charge is -2.29. The lowest BCUT2D eigenvalue weighted by atomic mass is 9.87. The van der Waals surface area contributed by atoms with E-state index in [0.717, 1.165) is 25.7 Å². The van der Waals surface area contributed by atoms with Crippen LogP contribution >= 0.6 is 0 Å². The Morgan fingerprint density at radius 3 is 2.14 bits per heavy atom. The molecule has 1 saturated carbocycles. The van der Waals surface area contributed by atoms with Gasteiger partial charge in [0.25, 0.3) is 0 Å². The molecular formula is C15H31NO5. The van der Waals surface area contributed by atoms with Gasteiger partial charge >= 0.3 is 0 Å². The number of nitrogens with two attached hydrogens (primary N) is 1. The van der Waals surface area contributed by atoms with E-state index >= 15 is 0 Å². The first-order valence-electron chi connectivity index (χ1n) is 7.85. The van der Waals surface area contributed by atoms with Gasteiger partial charge in [-0.05, 0) is 25.2 Å². The van der Waals surface area contributed by atoms with Crippen molar-refractivity contribution < 1.29 is 24.1 Å². The molecule has 6 nitrogen and oxygen atoms in total. The lowest BCUT2D eigenvalue weighted by Crippen LogP contribution is -2.47. The monoisotopic (exact) mass is 305 g/mol. The normalized spacial score (nSPS) is 25.6. The minimum atomic E-state index is -0.389. The van der Waals surface area contributed by atoms with Gasteiger partial charge in [0.15, 0.2) is 0 Å². The summed E-state index contributed by atoms with van der Waals surface area (Å²) in [5, 5.41) is 9.37. The van der Waals surface area contributed by atoms with Crippen LogP contribution < -0.4 is 5.73 Å². The third kappa shape index (κ3) is 7.54. The molecule has 1 aliphatic carbocycles. The maximum absolute atomic E-state index is 9.37. The van der Waals surface area contributed by atoms with Crippen LogP contribution in [-0.2, 0) is 18.9 Å². The predicted octanol–water partition coefficient (Wildman–Crippen LogP) is 0.563. The molecule has 1 rings (SSSR count). The van der Waals surface area contributed by atoms with E-state index in [2.05, 4.69) is 0 Å². The van der Waals surface area contributed by atoms with Crippen LogP contribution in [0.3, 0.4) is 0 Å². The van der Waals surface area contributed by atoms with Crippen molar-refractivity contribution in [2.75, 3.05) is 60.0 Å². The largest absolute Gasteiger partial charge is 0.394 e. The molecule has 0 heterocycles. The minimum Gasteiger partial charge on any atom is -0.394 e. The number of rotatable bonds is 13. The molecule has 0 aromatic carbocycles. The minimum absolute atomic E-state index is 0.0733. The van der Waals surface area contributed by atoms with Crippen LogP contribution in [0.25, 0.3) is 0 Å². The van der Waals surface area contributed by atoms with Crippen molar-refractivity contribution in [1.82, 2.24) is 0 Å². The number of ether oxygens (including phenoxy) is 4. The summed E-state index contributed by atoms with van der Waals surface area (Å²) in [5.41, 5.74) is 5.79. The average Bonchev–Trinajstić information content (AvgIpc) is 2.86. The van der Waals surface area contributed by atoms with Crippen LogP contribution in [0, 0.1) is 5.92 Å². The van der Waals surface area contributed by atoms with E-state index < -0.39 is 0 Å². The molecule has 0 bridgehead atoms. The van der Waals surface area contributed by atoms with Crippen molar-refractivity contribution in [1.29, 1.82) is 0 Å². The molecule has 2 atom stereocenters. The van der Waals surface area contributed by atoms with E-state index in [0.29, 0.717) is 52.2 Å². The fourth-order valence-corrected chi connectivity index (χ4v) is 2.72. The molecule has 0 aliphatic heterocycles. The number of aliphatic hydroxyl groups is 1. The van der Waals surface area contributed by atoms with Gasteiger partial charge in [0.2, 0.25) is 0 Å². The summed E-state index contributed by atoms with van der Waals surface area (Å²) >= 11 is 0. The molecule has 0 saturated heterocycles. The van der Waals surface area contributed by atoms with Gasteiger partial charge in [-0.15, -0.1) is 0 Å². The Balaban J connectivity index is 1.87. The Labute approximate surface area is 127 Å². The topological polar surface area (TPSA) is 83.2 Å². The zero-order valence-corrected chi connectivity index (χ0v) is 13.2. The number of aliphatic hydroxyl groups excluding tert-OH is 1. The highest BCUT2D eigenvalue weighted by Crippen LogP contribution is 2.35. The zero-order chi connectivity index (χ0) is 15.4. The Bertz CT molecular complexity index is 254. The van der Waals surface area contributed by atoms with Crippen LogP contribution in [-0.4, -0.2) is 70.6 Å². The van der Waals surface area contributed by atoms with E-state index in [4.69, 9.17) is 24.7 Å². The van der Waals surface area contributed by atoms with Crippen LogP contribution in [0.1, 0.15) is 25.7 Å². The highest BCUT2D eigenvalue weighted by Gasteiger charge is 2.38. The number of methoxy groups -OCH3 is 1. The molecule has 1 fully saturated rings. The molecule has 0 amide bonds. The van der Waals surface area contributed by atoms with Crippen molar-refractivity contribution in [3.8, 4) is 0 Å². The van der Waals surface area contributed by atoms with E-state index in [1.165, 1.54) is 0 Å². The van der Waals surface area contributed by atoms with E-state index in [9.17, 15) is 5.11 Å². The van der Waals surface area contributed by atoms with Gasteiger partial charge in [0, 0.05) is 19.3 Å². The Hall–Kier alpha value is -0.240. The Kier molecular flexibility index (Phi) is 10.2. The van der Waals surface area contributed by atoms with Crippen LogP contribution in [0.5, 0.6) is 0 Å². The quantitative estimate of drug-likeness (QED) is 0.484. The highest BCUT2D eigenvalue weighted by atomic mass is 16.6. The molecule has 6 heteroatoms. The maximum atomic E-state index is 9.37. The summed E-state index contributed by atoms with van der Waals surface area (Å²) in [6.45, 7) is 4.28. The van der Waals surface area contributed by atoms with Crippen LogP contribution in [0.2, 0.25) is 0 Å². The molecule has 0 spiro atoms. The molecule has 126 valence electrons. The molecule has 1 aliphatic rings. The van der Waals surface area contributed by atoms with E-state index in [1.54, 1.807) is 7.11 Å². The summed E-state index contributed by atoms with van der Waals surface area (Å²) in [5.74, 6) is 0.373. The van der Waals surface area contributed by atoms with Gasteiger partial charge in [-0.3, -0.25) is 0 Å². The summed E-state index contributed by atoms with van der Waals surface area (Å²) in [4.78, 5) is 0. The van der Waals surface area contributed by atoms with Gasteiger partial charge in [0.1, 0.15) is 0 Å². The van der Waals surface area contributed by atoms with Gasteiger partial charge < -0.3 is 29.8 Å². The summed E-state index contributed by atoms with van der Waals surface area (Å²) in [7, 11) is 1.65. The first-order valence-corrected chi connectivity index (χ1v) is 7.85. The standard InChI is InChI=1S/C15H31NO5/c1-18-7-8-20-11-12-21-10-9-19-6-4-14-3-2-5-15(14,16)13-17/h14,17H,2-13,16H2,1H3. The van der Waals surface area contributed by atoms with Crippen molar-refractivity contribution in [3.63, 3.8) is 0 Å². The molecule has 21 heavy (non-hydrogen) atoms. The summed E-state index contributed by atoms with van der Waals surface area (Å²) in [6.07, 6.45) is 4.03. The second-order valence-electron chi connectivity index (χ2n) is 5.60. The van der Waals surface area contributed by atoms with Crippen LogP contribution in [0.15, 0.2) is 0 Å². The van der Waals surface area contributed by atoms with Gasteiger partial charge in [-0.2, -0.15) is 0 Å². The fraction of sp³-hybridized carbons (Fsp3) is 1.00. The van der Waals surface area contributed by atoms with Crippen LogP contribution in [0.4, 0.5) is 0 Å². The third-order valence-corrected chi connectivity index (χ3v) is 4.09. The van der Waals surface area contributed by atoms with Crippen molar-refractivity contribution in [3.05, 3.63) is 0 Å².